The molecule has 2 saturated heterocycles. The Bertz CT molecular complexity index is 786. The van der Waals surface area contributed by atoms with E-state index in [-0.39, 0.29) is 29.5 Å². The lowest BCUT2D eigenvalue weighted by Gasteiger charge is -2.42. The summed E-state index contributed by atoms with van der Waals surface area (Å²) in [6.07, 6.45) is 5.75. The molecular formula is C24H37N3O3. The molecule has 2 atom stereocenters. The normalized spacial score (nSPS) is 25.6. The van der Waals surface area contributed by atoms with E-state index in [1.807, 2.05) is 6.07 Å². The fourth-order valence-electron chi connectivity index (χ4n) is 4.86. The Hall–Kier alpha value is -2.08. The fraction of sp³-hybridized carbons (Fsp3) is 0.667. The fourth-order valence-corrected chi connectivity index (χ4v) is 4.86. The first-order valence-corrected chi connectivity index (χ1v) is 11.2. The second-order valence-corrected chi connectivity index (χ2v) is 10.1. The molecule has 0 aromatic heterocycles. The van der Waals surface area contributed by atoms with Crippen LogP contribution >= 0.6 is 0 Å². The third kappa shape index (κ3) is 5.34. The lowest BCUT2D eigenvalue weighted by atomic mass is 9.85. The zero-order valence-corrected chi connectivity index (χ0v) is 18.9. The van der Waals surface area contributed by atoms with Crippen LogP contribution in [0.4, 0.5) is 0 Å². The highest BCUT2D eigenvalue weighted by atomic mass is 16.5. The molecule has 1 aromatic rings. The summed E-state index contributed by atoms with van der Waals surface area (Å²) in [6.45, 7) is 10.3. The molecule has 3 N–H and O–H groups in total. The van der Waals surface area contributed by atoms with E-state index >= 15 is 0 Å². The van der Waals surface area contributed by atoms with Crippen molar-refractivity contribution in [1.29, 1.82) is 0 Å². The lowest BCUT2D eigenvalue weighted by Crippen LogP contribution is -2.58. The molecule has 0 radical (unpaired) electrons. The van der Waals surface area contributed by atoms with Crippen LogP contribution in [-0.2, 0) is 21.5 Å². The summed E-state index contributed by atoms with van der Waals surface area (Å²) in [5.74, 6) is 0.419. The van der Waals surface area contributed by atoms with Crippen molar-refractivity contribution in [3.8, 4) is 5.75 Å². The number of hydrogen-bond donors (Lipinski definition) is 2. The number of carbonyl (C=O) groups is 2. The zero-order valence-electron chi connectivity index (χ0n) is 18.9. The summed E-state index contributed by atoms with van der Waals surface area (Å²) < 4.78 is 5.84. The van der Waals surface area contributed by atoms with Crippen LogP contribution in [0.2, 0.25) is 0 Å². The average Bonchev–Trinajstić information content (AvgIpc) is 2.88. The van der Waals surface area contributed by atoms with Gasteiger partial charge in [-0.25, -0.2) is 0 Å². The number of benzene rings is 1. The quantitative estimate of drug-likeness (QED) is 0.773. The Balaban J connectivity index is 1.90. The van der Waals surface area contributed by atoms with E-state index in [1.165, 1.54) is 0 Å². The molecule has 2 fully saturated rings. The van der Waals surface area contributed by atoms with Crippen LogP contribution in [0, 0.1) is 0 Å². The van der Waals surface area contributed by atoms with Gasteiger partial charge in [0.15, 0.2) is 6.61 Å². The minimum Gasteiger partial charge on any atom is -0.483 e. The first kappa shape index (κ1) is 22.6. The molecule has 3 rings (SSSR count). The van der Waals surface area contributed by atoms with Gasteiger partial charge in [0.25, 0.3) is 5.91 Å². The van der Waals surface area contributed by atoms with E-state index < -0.39 is 5.91 Å². The standard InChI is InChI=1S/C24H37N3O3/c1-23(2,3)18-11-10-17(19(14-18)30-16-21(25)28)15-27-13-6-5-12-24(4)20(27)8-7-9-22(29)26-24/h10-11,14,20H,5-9,12-13,15-16H2,1-4H3,(H2,25,28)(H,26,29)/t20-,24-/m0/s1. The monoisotopic (exact) mass is 415 g/mol. The summed E-state index contributed by atoms with van der Waals surface area (Å²) in [5, 5.41) is 3.32. The van der Waals surface area contributed by atoms with Gasteiger partial charge in [0.1, 0.15) is 5.75 Å². The van der Waals surface area contributed by atoms with Gasteiger partial charge >= 0.3 is 0 Å². The summed E-state index contributed by atoms with van der Waals surface area (Å²) in [4.78, 5) is 26.1. The molecule has 0 bridgehead atoms. The number of nitrogens with zero attached hydrogens (tertiary/aromatic N) is 1. The van der Waals surface area contributed by atoms with Crippen LogP contribution < -0.4 is 15.8 Å². The number of hydrogen-bond acceptors (Lipinski definition) is 4. The Labute approximate surface area is 180 Å². The van der Waals surface area contributed by atoms with Gasteiger partial charge in [-0.05, 0) is 62.6 Å². The van der Waals surface area contributed by atoms with Gasteiger partial charge in [0, 0.05) is 24.6 Å². The molecule has 0 saturated carbocycles. The maximum absolute atomic E-state index is 12.3. The predicted octanol–water partition coefficient (Wildman–Crippen LogP) is 3.26. The molecule has 0 unspecified atom stereocenters. The number of nitrogens with one attached hydrogen (secondary N) is 1. The first-order chi connectivity index (χ1) is 14.1. The van der Waals surface area contributed by atoms with E-state index in [2.05, 4.69) is 50.0 Å². The van der Waals surface area contributed by atoms with Crippen molar-refractivity contribution in [2.45, 2.75) is 89.8 Å². The second-order valence-electron chi connectivity index (χ2n) is 10.1. The number of nitrogens with two attached hydrogens (primary N) is 1. The minimum atomic E-state index is -0.476. The van der Waals surface area contributed by atoms with Gasteiger partial charge in [-0.2, -0.15) is 0 Å². The first-order valence-electron chi connectivity index (χ1n) is 11.2. The molecule has 30 heavy (non-hydrogen) atoms. The highest BCUT2D eigenvalue weighted by molar-refractivity contribution is 5.77. The van der Waals surface area contributed by atoms with Crippen molar-refractivity contribution in [2.24, 2.45) is 5.73 Å². The Morgan fingerprint density at radius 2 is 2.07 bits per heavy atom. The van der Waals surface area contributed by atoms with Gasteiger partial charge in [-0.1, -0.05) is 32.9 Å². The van der Waals surface area contributed by atoms with Crippen LogP contribution in [0.15, 0.2) is 18.2 Å². The number of ether oxygens (including phenoxy) is 1. The van der Waals surface area contributed by atoms with Crippen LogP contribution in [0.25, 0.3) is 0 Å². The zero-order chi connectivity index (χ0) is 21.9. The molecule has 6 nitrogen and oxygen atoms in total. The van der Waals surface area contributed by atoms with Gasteiger partial charge < -0.3 is 15.8 Å². The number of likely N-dealkylation sites (tertiary alicyclic amines) is 1. The van der Waals surface area contributed by atoms with Crippen molar-refractivity contribution in [3.63, 3.8) is 0 Å². The highest BCUT2D eigenvalue weighted by Crippen LogP contribution is 2.35. The summed E-state index contributed by atoms with van der Waals surface area (Å²) in [6, 6.07) is 6.61. The van der Waals surface area contributed by atoms with Crippen LogP contribution in [0.1, 0.15) is 77.3 Å². The Morgan fingerprint density at radius 3 is 2.77 bits per heavy atom. The minimum absolute atomic E-state index is 0.0177. The SMILES string of the molecule is CC(C)(C)c1ccc(CN2CCCC[C@]3(C)NC(=O)CCC[C@H]23)c(OCC(N)=O)c1. The number of carbonyl (C=O) groups excluding carboxylic acids is 2. The molecular weight excluding hydrogens is 378 g/mol. The summed E-state index contributed by atoms with van der Waals surface area (Å²) in [7, 11) is 0. The van der Waals surface area contributed by atoms with E-state index in [1.54, 1.807) is 0 Å². The second kappa shape index (κ2) is 8.96. The Kier molecular flexibility index (Phi) is 6.75. The predicted molar refractivity (Wildman–Crippen MR) is 118 cm³/mol. The molecule has 166 valence electrons. The Morgan fingerprint density at radius 1 is 1.30 bits per heavy atom. The van der Waals surface area contributed by atoms with E-state index in [0.717, 1.165) is 62.1 Å². The topological polar surface area (TPSA) is 84.7 Å². The van der Waals surface area contributed by atoms with Gasteiger partial charge in [0.2, 0.25) is 5.91 Å². The van der Waals surface area contributed by atoms with E-state index in [4.69, 9.17) is 10.5 Å². The number of amides is 2. The van der Waals surface area contributed by atoms with Crippen LogP contribution in [-0.4, -0.2) is 41.4 Å². The molecule has 2 aliphatic rings. The smallest absolute Gasteiger partial charge is 0.255 e. The molecule has 0 aliphatic carbocycles. The van der Waals surface area contributed by atoms with Crippen LogP contribution in [0.3, 0.4) is 0 Å². The van der Waals surface area contributed by atoms with Crippen molar-refractivity contribution >= 4 is 11.8 Å². The van der Waals surface area contributed by atoms with Crippen molar-refractivity contribution < 1.29 is 14.3 Å². The molecule has 1 aromatic carbocycles. The molecule has 0 spiro atoms. The van der Waals surface area contributed by atoms with E-state index in [0.29, 0.717) is 6.42 Å². The molecule has 6 heteroatoms. The average molecular weight is 416 g/mol. The summed E-state index contributed by atoms with van der Waals surface area (Å²) in [5.41, 5.74) is 7.34. The largest absolute Gasteiger partial charge is 0.483 e. The third-order valence-corrected chi connectivity index (χ3v) is 6.55. The van der Waals surface area contributed by atoms with Crippen molar-refractivity contribution in [3.05, 3.63) is 29.3 Å². The number of fused-ring (bicyclic) bond motifs is 1. The van der Waals surface area contributed by atoms with E-state index in [9.17, 15) is 9.59 Å². The lowest BCUT2D eigenvalue weighted by molar-refractivity contribution is -0.123. The highest BCUT2D eigenvalue weighted by Gasteiger charge is 2.42. The van der Waals surface area contributed by atoms with Gasteiger partial charge in [-0.3, -0.25) is 14.5 Å². The summed E-state index contributed by atoms with van der Waals surface area (Å²) >= 11 is 0. The third-order valence-electron chi connectivity index (χ3n) is 6.55. The molecule has 2 amide bonds. The number of rotatable bonds is 5. The van der Waals surface area contributed by atoms with Crippen LogP contribution in [0.5, 0.6) is 5.75 Å². The van der Waals surface area contributed by atoms with Crippen molar-refractivity contribution in [2.75, 3.05) is 13.2 Å². The van der Waals surface area contributed by atoms with Gasteiger partial charge in [0.05, 0.1) is 5.54 Å². The molecule has 2 heterocycles. The van der Waals surface area contributed by atoms with Crippen molar-refractivity contribution in [1.82, 2.24) is 10.2 Å². The van der Waals surface area contributed by atoms with Gasteiger partial charge in [-0.15, -0.1) is 0 Å². The molecule has 2 aliphatic heterocycles. The maximum Gasteiger partial charge on any atom is 0.255 e. The maximum atomic E-state index is 12.3. The number of primary amides is 1.